The van der Waals surface area contributed by atoms with Gasteiger partial charge in [0.15, 0.2) is 5.96 Å². The topological polar surface area (TPSA) is 74.0 Å². The zero-order valence-corrected chi connectivity index (χ0v) is 15.4. The molecule has 1 heterocycles. The average molecular weight is 369 g/mol. The van der Waals surface area contributed by atoms with E-state index in [1.807, 2.05) is 24.3 Å². The summed E-state index contributed by atoms with van der Waals surface area (Å²) in [7, 11) is 1.77. The lowest BCUT2D eigenvalue weighted by molar-refractivity contribution is 0.100. The summed E-state index contributed by atoms with van der Waals surface area (Å²) >= 11 is 0. The van der Waals surface area contributed by atoms with E-state index in [4.69, 9.17) is 5.73 Å². The molecular formula is C20H24FN5O. The van der Waals surface area contributed by atoms with E-state index in [1.54, 1.807) is 19.2 Å². The van der Waals surface area contributed by atoms with Crippen molar-refractivity contribution in [1.29, 1.82) is 0 Å². The number of nitrogens with two attached hydrogens (primary N) is 1. The first-order chi connectivity index (χ1) is 13.1. The third kappa shape index (κ3) is 4.75. The van der Waals surface area contributed by atoms with Gasteiger partial charge in [0, 0.05) is 51.0 Å². The number of halogens is 1. The van der Waals surface area contributed by atoms with Gasteiger partial charge in [-0.3, -0.25) is 9.79 Å². The van der Waals surface area contributed by atoms with Gasteiger partial charge in [0.25, 0.3) is 0 Å². The Hall–Kier alpha value is -3.09. The Balaban J connectivity index is 1.53. The van der Waals surface area contributed by atoms with Crippen molar-refractivity contribution in [3.05, 3.63) is 65.5 Å². The van der Waals surface area contributed by atoms with Crippen LogP contribution < -0.4 is 16.0 Å². The first kappa shape index (κ1) is 18.7. The lowest BCUT2D eigenvalue weighted by Crippen LogP contribution is -2.52. The summed E-state index contributed by atoms with van der Waals surface area (Å²) in [6.07, 6.45) is 0. The highest BCUT2D eigenvalue weighted by Crippen LogP contribution is 2.17. The second-order valence-corrected chi connectivity index (χ2v) is 6.41. The van der Waals surface area contributed by atoms with E-state index in [2.05, 4.69) is 20.1 Å². The van der Waals surface area contributed by atoms with Crippen LogP contribution in [0.3, 0.4) is 0 Å². The first-order valence-corrected chi connectivity index (χ1v) is 8.91. The molecule has 1 aliphatic rings. The average Bonchev–Trinajstić information content (AvgIpc) is 2.70. The number of nitrogens with one attached hydrogen (secondary N) is 1. The Morgan fingerprint density at radius 3 is 2.26 bits per heavy atom. The molecule has 3 N–H and O–H groups in total. The number of carbonyl (C=O) groups excluding carboxylic acids is 1. The Kier molecular flexibility index (Phi) is 5.90. The third-order valence-corrected chi connectivity index (χ3v) is 4.67. The number of nitrogens with zero attached hydrogens (tertiary/aromatic N) is 3. The molecule has 0 spiro atoms. The van der Waals surface area contributed by atoms with Crippen molar-refractivity contribution < 1.29 is 9.18 Å². The molecule has 2 aromatic rings. The minimum absolute atomic E-state index is 0.217. The maximum absolute atomic E-state index is 13.1. The number of hydrogen-bond acceptors (Lipinski definition) is 3. The van der Waals surface area contributed by atoms with E-state index in [0.717, 1.165) is 43.4 Å². The molecule has 0 saturated carbocycles. The van der Waals surface area contributed by atoms with E-state index >= 15 is 0 Å². The molecule has 0 radical (unpaired) electrons. The molecular weight excluding hydrogens is 345 g/mol. The number of piperazine rings is 1. The maximum atomic E-state index is 13.1. The summed E-state index contributed by atoms with van der Waals surface area (Å²) in [4.78, 5) is 20.0. The Morgan fingerprint density at radius 2 is 1.70 bits per heavy atom. The van der Waals surface area contributed by atoms with Crippen molar-refractivity contribution in [2.45, 2.75) is 6.54 Å². The fourth-order valence-corrected chi connectivity index (χ4v) is 3.13. The molecule has 3 rings (SSSR count). The van der Waals surface area contributed by atoms with Crippen LogP contribution in [0.25, 0.3) is 0 Å². The van der Waals surface area contributed by atoms with Crippen LogP contribution in [0.2, 0.25) is 0 Å². The zero-order valence-electron chi connectivity index (χ0n) is 15.4. The van der Waals surface area contributed by atoms with Gasteiger partial charge in [0.1, 0.15) is 5.82 Å². The third-order valence-electron chi connectivity index (χ3n) is 4.67. The predicted molar refractivity (Wildman–Crippen MR) is 105 cm³/mol. The summed E-state index contributed by atoms with van der Waals surface area (Å²) in [6, 6.07) is 13.8. The van der Waals surface area contributed by atoms with Crippen LogP contribution in [-0.2, 0) is 6.54 Å². The Labute approximate surface area is 158 Å². The number of aliphatic imine (C=N–C) groups is 1. The molecule has 1 amide bonds. The molecule has 0 aliphatic carbocycles. The Bertz CT molecular complexity index is 796. The number of benzene rings is 2. The molecule has 0 unspecified atom stereocenters. The number of rotatable bonds is 4. The van der Waals surface area contributed by atoms with E-state index in [9.17, 15) is 9.18 Å². The molecule has 27 heavy (non-hydrogen) atoms. The minimum Gasteiger partial charge on any atom is -0.368 e. The lowest BCUT2D eigenvalue weighted by Gasteiger charge is -2.37. The first-order valence-electron chi connectivity index (χ1n) is 8.91. The van der Waals surface area contributed by atoms with Gasteiger partial charge in [-0.05, 0) is 42.0 Å². The van der Waals surface area contributed by atoms with Crippen molar-refractivity contribution in [2.24, 2.45) is 10.7 Å². The standard InChI is InChI=1S/C20H24FN5O/c1-23-20(24-14-15-2-4-16(5-3-15)19(22)27)26-12-10-25(11-13-26)18-8-6-17(21)7-9-18/h2-9H,10-14H2,1H3,(H2,22,27)(H,23,24). The highest BCUT2D eigenvalue weighted by molar-refractivity contribution is 5.92. The van der Waals surface area contributed by atoms with Crippen LogP contribution in [0, 0.1) is 5.82 Å². The highest BCUT2D eigenvalue weighted by atomic mass is 19.1. The molecule has 1 saturated heterocycles. The fourth-order valence-electron chi connectivity index (χ4n) is 3.13. The number of carbonyl (C=O) groups is 1. The highest BCUT2D eigenvalue weighted by Gasteiger charge is 2.19. The monoisotopic (exact) mass is 369 g/mol. The molecule has 2 aromatic carbocycles. The molecule has 142 valence electrons. The second-order valence-electron chi connectivity index (χ2n) is 6.41. The van der Waals surface area contributed by atoms with Crippen LogP contribution in [0.5, 0.6) is 0 Å². The summed E-state index contributed by atoms with van der Waals surface area (Å²) in [6.45, 7) is 3.97. The molecule has 1 fully saturated rings. The van der Waals surface area contributed by atoms with Gasteiger partial charge < -0.3 is 20.9 Å². The van der Waals surface area contributed by atoms with Gasteiger partial charge in [-0.1, -0.05) is 12.1 Å². The normalized spacial score (nSPS) is 15.0. The number of primary amides is 1. The van der Waals surface area contributed by atoms with Crippen LogP contribution in [-0.4, -0.2) is 50.0 Å². The van der Waals surface area contributed by atoms with Gasteiger partial charge in [-0.2, -0.15) is 0 Å². The SMILES string of the molecule is CN=C(NCc1ccc(C(N)=O)cc1)N1CCN(c2ccc(F)cc2)CC1. The van der Waals surface area contributed by atoms with Gasteiger partial charge in [-0.25, -0.2) is 4.39 Å². The number of anilines is 1. The molecule has 6 nitrogen and oxygen atoms in total. The van der Waals surface area contributed by atoms with Gasteiger partial charge in [-0.15, -0.1) is 0 Å². The second kappa shape index (κ2) is 8.53. The summed E-state index contributed by atoms with van der Waals surface area (Å²) < 4.78 is 13.1. The molecule has 1 aliphatic heterocycles. The summed E-state index contributed by atoms with van der Waals surface area (Å²) in [5, 5.41) is 3.36. The number of amides is 1. The molecule has 0 aromatic heterocycles. The molecule has 0 bridgehead atoms. The van der Waals surface area contributed by atoms with E-state index in [-0.39, 0.29) is 5.82 Å². The van der Waals surface area contributed by atoms with Crippen LogP contribution in [0.1, 0.15) is 15.9 Å². The fraction of sp³-hybridized carbons (Fsp3) is 0.300. The van der Waals surface area contributed by atoms with Gasteiger partial charge >= 0.3 is 0 Å². The number of guanidine groups is 1. The molecule has 7 heteroatoms. The minimum atomic E-state index is -0.427. The summed E-state index contributed by atoms with van der Waals surface area (Å²) in [5.41, 5.74) is 7.85. The predicted octanol–water partition coefficient (Wildman–Crippen LogP) is 1.82. The van der Waals surface area contributed by atoms with Crippen molar-refractivity contribution >= 4 is 17.6 Å². The smallest absolute Gasteiger partial charge is 0.248 e. The maximum Gasteiger partial charge on any atom is 0.248 e. The molecule has 0 atom stereocenters. The largest absolute Gasteiger partial charge is 0.368 e. The van der Waals surface area contributed by atoms with Crippen molar-refractivity contribution in [3.8, 4) is 0 Å². The van der Waals surface area contributed by atoms with Gasteiger partial charge in [0.2, 0.25) is 5.91 Å². The van der Waals surface area contributed by atoms with Crippen LogP contribution in [0.4, 0.5) is 10.1 Å². The summed E-state index contributed by atoms with van der Waals surface area (Å²) in [5.74, 6) is 0.197. The lowest BCUT2D eigenvalue weighted by atomic mass is 10.1. The van der Waals surface area contributed by atoms with Crippen LogP contribution >= 0.6 is 0 Å². The number of hydrogen-bond donors (Lipinski definition) is 2. The van der Waals surface area contributed by atoms with Crippen molar-refractivity contribution in [3.63, 3.8) is 0 Å². The quantitative estimate of drug-likeness (QED) is 0.637. The van der Waals surface area contributed by atoms with Crippen molar-refractivity contribution in [1.82, 2.24) is 10.2 Å². The van der Waals surface area contributed by atoms with E-state index < -0.39 is 5.91 Å². The Morgan fingerprint density at radius 1 is 1.07 bits per heavy atom. The van der Waals surface area contributed by atoms with E-state index in [0.29, 0.717) is 12.1 Å². The van der Waals surface area contributed by atoms with Gasteiger partial charge in [0.05, 0.1) is 0 Å². The zero-order chi connectivity index (χ0) is 19.2. The van der Waals surface area contributed by atoms with E-state index in [1.165, 1.54) is 12.1 Å². The van der Waals surface area contributed by atoms with Crippen molar-refractivity contribution in [2.75, 3.05) is 38.1 Å². The van der Waals surface area contributed by atoms with Crippen LogP contribution in [0.15, 0.2) is 53.5 Å².